The Bertz CT molecular complexity index is 711. The largest absolute Gasteiger partial charge is 0.469 e. The highest BCUT2D eigenvalue weighted by atomic mass is 35.5. The van der Waals surface area contributed by atoms with Crippen LogP contribution in [0.2, 0.25) is 5.02 Å². The highest BCUT2D eigenvalue weighted by molar-refractivity contribution is 7.99. The van der Waals surface area contributed by atoms with E-state index in [1.54, 1.807) is 16.8 Å². The number of ether oxygens (including phenoxy) is 1. The smallest absolute Gasteiger partial charge is 0.311 e. The molecule has 0 aliphatic carbocycles. The van der Waals surface area contributed by atoms with Crippen LogP contribution >= 0.6 is 23.4 Å². The second kappa shape index (κ2) is 5.87. The van der Waals surface area contributed by atoms with E-state index >= 15 is 0 Å². The van der Waals surface area contributed by atoms with Crippen molar-refractivity contribution in [2.24, 2.45) is 5.10 Å². The fraction of sp³-hybridized carbons (Fsp3) is 0.231. The maximum Gasteiger partial charge on any atom is 0.311 e. The van der Waals surface area contributed by atoms with Crippen molar-refractivity contribution in [3.05, 3.63) is 29.3 Å². The molecule has 0 N–H and O–H groups in total. The van der Waals surface area contributed by atoms with Gasteiger partial charge < -0.3 is 4.74 Å². The minimum Gasteiger partial charge on any atom is -0.469 e. The van der Waals surface area contributed by atoms with Crippen LogP contribution in [0.5, 0.6) is 0 Å². The number of thioether (sulfide) groups is 1. The third-order valence-corrected chi connectivity index (χ3v) is 4.14. The summed E-state index contributed by atoms with van der Waals surface area (Å²) in [5.74, 6) is 0.920. The van der Waals surface area contributed by atoms with Crippen molar-refractivity contribution in [3.8, 4) is 11.4 Å². The number of carbonyl (C=O) groups is 1. The van der Waals surface area contributed by atoms with Gasteiger partial charge in [-0.15, -0.1) is 10.2 Å². The standard InChI is InChI=1S/C13H11ClN4O2S/c1-20-11(19)6-10-7-21-13-16-15-12(18(13)17-10)8-2-4-9(14)5-3-8/h2-5H,6-7H2,1H3. The molecule has 0 saturated carbocycles. The Morgan fingerprint density at radius 2 is 2.14 bits per heavy atom. The van der Waals surface area contributed by atoms with E-state index in [1.165, 1.54) is 18.9 Å². The highest BCUT2D eigenvalue weighted by Gasteiger charge is 2.21. The fourth-order valence-corrected chi connectivity index (χ4v) is 2.80. The van der Waals surface area contributed by atoms with Crippen LogP contribution in [0.4, 0.5) is 0 Å². The van der Waals surface area contributed by atoms with E-state index in [2.05, 4.69) is 20.0 Å². The lowest BCUT2D eigenvalue weighted by Gasteiger charge is -2.12. The van der Waals surface area contributed by atoms with Crippen molar-refractivity contribution in [1.29, 1.82) is 0 Å². The molecule has 0 radical (unpaired) electrons. The Kier molecular flexibility index (Phi) is 3.94. The number of nitrogens with zero attached hydrogens (tertiary/aromatic N) is 4. The first-order chi connectivity index (χ1) is 10.2. The summed E-state index contributed by atoms with van der Waals surface area (Å²) in [7, 11) is 1.36. The molecule has 6 nitrogen and oxygen atoms in total. The normalized spacial score (nSPS) is 13.5. The Labute approximate surface area is 130 Å². The van der Waals surface area contributed by atoms with Gasteiger partial charge in [0, 0.05) is 16.3 Å². The molecule has 2 heterocycles. The Morgan fingerprint density at radius 3 is 2.86 bits per heavy atom. The van der Waals surface area contributed by atoms with Crippen molar-refractivity contribution in [2.75, 3.05) is 12.9 Å². The van der Waals surface area contributed by atoms with Gasteiger partial charge in [-0.2, -0.15) is 9.78 Å². The monoisotopic (exact) mass is 322 g/mol. The molecule has 0 spiro atoms. The van der Waals surface area contributed by atoms with Crippen molar-refractivity contribution < 1.29 is 9.53 Å². The third-order valence-electron chi connectivity index (χ3n) is 2.90. The zero-order valence-corrected chi connectivity index (χ0v) is 12.7. The summed E-state index contributed by atoms with van der Waals surface area (Å²) >= 11 is 7.38. The fourth-order valence-electron chi connectivity index (χ4n) is 1.87. The van der Waals surface area contributed by atoms with Crippen LogP contribution in [-0.2, 0) is 9.53 Å². The van der Waals surface area contributed by atoms with Gasteiger partial charge in [0.25, 0.3) is 0 Å². The number of halogens is 1. The second-order valence-electron chi connectivity index (χ2n) is 4.33. The van der Waals surface area contributed by atoms with E-state index in [1.807, 2.05) is 12.1 Å². The first-order valence-corrected chi connectivity index (χ1v) is 7.51. The van der Waals surface area contributed by atoms with Crippen molar-refractivity contribution in [2.45, 2.75) is 11.6 Å². The van der Waals surface area contributed by atoms with Gasteiger partial charge in [0.15, 0.2) is 5.82 Å². The van der Waals surface area contributed by atoms with Crippen molar-refractivity contribution >= 4 is 35.0 Å². The SMILES string of the molecule is COC(=O)CC1=Nn2c(nnc2-c2ccc(Cl)cc2)SC1. The van der Waals surface area contributed by atoms with E-state index in [9.17, 15) is 4.79 Å². The number of carbonyl (C=O) groups excluding carboxylic acids is 1. The predicted octanol–water partition coefficient (Wildman–Crippen LogP) is 2.47. The van der Waals surface area contributed by atoms with Gasteiger partial charge in [-0.3, -0.25) is 4.79 Å². The van der Waals surface area contributed by atoms with E-state index in [4.69, 9.17) is 11.6 Å². The van der Waals surface area contributed by atoms with Crippen LogP contribution in [0, 0.1) is 0 Å². The molecule has 0 bridgehead atoms. The van der Waals surface area contributed by atoms with Gasteiger partial charge in [0.2, 0.25) is 5.16 Å². The average molecular weight is 323 g/mol. The average Bonchev–Trinajstić information content (AvgIpc) is 2.91. The lowest BCUT2D eigenvalue weighted by Crippen LogP contribution is -2.17. The van der Waals surface area contributed by atoms with Gasteiger partial charge in [-0.05, 0) is 24.3 Å². The molecule has 1 aliphatic heterocycles. The summed E-state index contributed by atoms with van der Waals surface area (Å²) in [5, 5.41) is 14.1. The zero-order valence-electron chi connectivity index (χ0n) is 11.1. The van der Waals surface area contributed by atoms with Crippen LogP contribution in [-0.4, -0.2) is 39.4 Å². The summed E-state index contributed by atoms with van der Waals surface area (Å²) in [6, 6.07) is 7.28. The van der Waals surface area contributed by atoms with Gasteiger partial charge in [0.05, 0.1) is 19.2 Å². The van der Waals surface area contributed by atoms with Crippen LogP contribution in [0.3, 0.4) is 0 Å². The number of hydrogen-bond donors (Lipinski definition) is 0. The summed E-state index contributed by atoms with van der Waals surface area (Å²) in [5.41, 5.74) is 1.59. The molecule has 21 heavy (non-hydrogen) atoms. The van der Waals surface area contributed by atoms with Crippen LogP contribution in [0.1, 0.15) is 6.42 Å². The molecule has 0 amide bonds. The Hall–Kier alpha value is -1.86. The van der Waals surface area contributed by atoms with E-state index in [0.29, 0.717) is 21.8 Å². The molecule has 0 saturated heterocycles. The van der Waals surface area contributed by atoms with Crippen LogP contribution in [0.25, 0.3) is 11.4 Å². The molecular formula is C13H11ClN4O2S. The first-order valence-electron chi connectivity index (χ1n) is 6.15. The molecule has 1 aromatic carbocycles. The Balaban J connectivity index is 1.95. The van der Waals surface area contributed by atoms with Crippen molar-refractivity contribution in [1.82, 2.24) is 14.9 Å². The topological polar surface area (TPSA) is 69.4 Å². The van der Waals surface area contributed by atoms with E-state index in [-0.39, 0.29) is 12.4 Å². The quantitative estimate of drug-likeness (QED) is 0.812. The molecular weight excluding hydrogens is 312 g/mol. The molecule has 108 valence electrons. The molecule has 1 aromatic heterocycles. The van der Waals surface area contributed by atoms with E-state index in [0.717, 1.165) is 11.3 Å². The number of hydrogen-bond acceptors (Lipinski definition) is 6. The number of aromatic nitrogens is 3. The molecule has 2 aromatic rings. The molecule has 8 heteroatoms. The summed E-state index contributed by atoms with van der Waals surface area (Å²) in [6.07, 6.45) is 0.168. The van der Waals surface area contributed by atoms with Gasteiger partial charge >= 0.3 is 5.97 Å². The number of fused-ring (bicyclic) bond motifs is 1. The summed E-state index contributed by atoms with van der Waals surface area (Å²) in [4.78, 5) is 11.4. The highest BCUT2D eigenvalue weighted by Crippen LogP contribution is 2.28. The maximum atomic E-state index is 11.4. The predicted molar refractivity (Wildman–Crippen MR) is 80.7 cm³/mol. The molecule has 0 fully saturated rings. The number of rotatable bonds is 3. The number of benzene rings is 1. The molecule has 3 rings (SSSR count). The van der Waals surface area contributed by atoms with Crippen LogP contribution < -0.4 is 0 Å². The number of methoxy groups -OCH3 is 1. The lowest BCUT2D eigenvalue weighted by atomic mass is 10.2. The zero-order chi connectivity index (χ0) is 14.8. The minimum absolute atomic E-state index is 0.168. The Morgan fingerprint density at radius 1 is 1.38 bits per heavy atom. The van der Waals surface area contributed by atoms with Gasteiger partial charge in [-0.25, -0.2) is 0 Å². The maximum absolute atomic E-state index is 11.4. The van der Waals surface area contributed by atoms with E-state index < -0.39 is 0 Å². The molecule has 0 unspecified atom stereocenters. The third kappa shape index (κ3) is 2.93. The summed E-state index contributed by atoms with van der Waals surface area (Å²) in [6.45, 7) is 0. The molecule has 1 aliphatic rings. The lowest BCUT2D eigenvalue weighted by molar-refractivity contribution is -0.139. The first kappa shape index (κ1) is 14.1. The minimum atomic E-state index is -0.307. The summed E-state index contributed by atoms with van der Waals surface area (Å²) < 4.78 is 6.31. The molecule has 0 atom stereocenters. The van der Waals surface area contributed by atoms with Crippen LogP contribution in [0.15, 0.2) is 34.5 Å². The number of esters is 1. The van der Waals surface area contributed by atoms with Gasteiger partial charge in [-0.1, -0.05) is 23.4 Å². The second-order valence-corrected chi connectivity index (χ2v) is 5.71. The van der Waals surface area contributed by atoms with Crippen molar-refractivity contribution in [3.63, 3.8) is 0 Å². The van der Waals surface area contributed by atoms with Gasteiger partial charge in [0.1, 0.15) is 0 Å².